The first-order chi connectivity index (χ1) is 5.77. The lowest BCUT2D eigenvalue weighted by atomic mass is 10.1. The zero-order valence-electron chi connectivity index (χ0n) is 7.41. The highest BCUT2D eigenvalue weighted by atomic mass is 32.1. The highest BCUT2D eigenvalue weighted by molar-refractivity contribution is 7.10. The van der Waals surface area contributed by atoms with Crippen molar-refractivity contribution in [2.75, 3.05) is 20.7 Å². The number of thiophene rings is 1. The van der Waals surface area contributed by atoms with Gasteiger partial charge in [-0.2, -0.15) is 0 Å². The normalized spacial score (nSPS) is 22.1. The largest absolute Gasteiger partial charge is 0.491 e. The van der Waals surface area contributed by atoms with Crippen LogP contribution < -0.4 is 4.74 Å². The summed E-state index contributed by atoms with van der Waals surface area (Å²) in [5.74, 6) is 1.10. The van der Waals surface area contributed by atoms with Gasteiger partial charge in [0.1, 0.15) is 12.4 Å². The Labute approximate surface area is 76.8 Å². The summed E-state index contributed by atoms with van der Waals surface area (Å²) in [7, 11) is 4.21. The summed E-state index contributed by atoms with van der Waals surface area (Å²) in [5, 5.41) is 2.10. The topological polar surface area (TPSA) is 12.5 Å². The molecule has 1 aliphatic rings. The Bertz CT molecular complexity index is 269. The standard InChI is InChI=1S/C9H13NOS/c1-10(2)7-5-9-8(11-6-7)3-4-12-9/h3-4,7H,5-6H2,1-2H3. The molecule has 3 heteroatoms. The van der Waals surface area contributed by atoms with Crippen LogP contribution in [0.1, 0.15) is 4.88 Å². The Balaban J connectivity index is 2.15. The van der Waals surface area contributed by atoms with Crippen LogP contribution >= 0.6 is 11.3 Å². The van der Waals surface area contributed by atoms with Crippen LogP contribution in [-0.4, -0.2) is 31.6 Å². The third kappa shape index (κ3) is 1.34. The van der Waals surface area contributed by atoms with Gasteiger partial charge in [-0.1, -0.05) is 0 Å². The van der Waals surface area contributed by atoms with E-state index >= 15 is 0 Å². The molecule has 1 aromatic heterocycles. The average molecular weight is 183 g/mol. The van der Waals surface area contributed by atoms with E-state index in [0.29, 0.717) is 6.04 Å². The number of hydrogen-bond donors (Lipinski definition) is 0. The Morgan fingerprint density at radius 2 is 2.42 bits per heavy atom. The zero-order valence-corrected chi connectivity index (χ0v) is 8.23. The highest BCUT2D eigenvalue weighted by Crippen LogP contribution is 2.30. The van der Waals surface area contributed by atoms with Gasteiger partial charge in [0.15, 0.2) is 0 Å². The first kappa shape index (κ1) is 8.08. The Kier molecular flexibility index (Phi) is 2.07. The molecule has 1 aromatic rings. The van der Waals surface area contributed by atoms with Gasteiger partial charge in [0, 0.05) is 17.3 Å². The van der Waals surface area contributed by atoms with E-state index in [1.807, 2.05) is 0 Å². The SMILES string of the molecule is CN(C)C1COc2ccsc2C1. The van der Waals surface area contributed by atoms with Crippen LogP contribution in [0.3, 0.4) is 0 Å². The van der Waals surface area contributed by atoms with Gasteiger partial charge >= 0.3 is 0 Å². The minimum absolute atomic E-state index is 0.552. The quantitative estimate of drug-likeness (QED) is 0.656. The van der Waals surface area contributed by atoms with Gasteiger partial charge in [-0.15, -0.1) is 11.3 Å². The summed E-state index contributed by atoms with van der Waals surface area (Å²) < 4.78 is 5.61. The lowest BCUT2D eigenvalue weighted by Gasteiger charge is -2.28. The van der Waals surface area contributed by atoms with E-state index in [-0.39, 0.29) is 0 Å². The van der Waals surface area contributed by atoms with Crippen molar-refractivity contribution in [3.63, 3.8) is 0 Å². The van der Waals surface area contributed by atoms with Crippen LogP contribution in [0.4, 0.5) is 0 Å². The molecular formula is C9H13NOS. The van der Waals surface area contributed by atoms with Crippen molar-refractivity contribution in [1.82, 2.24) is 4.90 Å². The Morgan fingerprint density at radius 3 is 3.17 bits per heavy atom. The fraction of sp³-hybridized carbons (Fsp3) is 0.556. The molecule has 0 saturated carbocycles. The van der Waals surface area contributed by atoms with Gasteiger partial charge in [0.25, 0.3) is 0 Å². The van der Waals surface area contributed by atoms with Crippen LogP contribution in [0, 0.1) is 0 Å². The third-order valence-electron chi connectivity index (χ3n) is 2.29. The van der Waals surface area contributed by atoms with Crippen molar-refractivity contribution in [2.24, 2.45) is 0 Å². The zero-order chi connectivity index (χ0) is 8.55. The average Bonchev–Trinajstić information content (AvgIpc) is 2.49. The lowest BCUT2D eigenvalue weighted by molar-refractivity contribution is 0.167. The van der Waals surface area contributed by atoms with Crippen LogP contribution in [0.5, 0.6) is 5.75 Å². The molecule has 66 valence electrons. The molecule has 0 radical (unpaired) electrons. The summed E-state index contributed by atoms with van der Waals surface area (Å²) in [4.78, 5) is 3.61. The van der Waals surface area contributed by atoms with E-state index in [1.165, 1.54) is 4.88 Å². The molecule has 12 heavy (non-hydrogen) atoms. The molecule has 1 aliphatic heterocycles. The summed E-state index contributed by atoms with van der Waals surface area (Å²) in [6.45, 7) is 0.830. The van der Waals surface area contributed by atoms with Gasteiger partial charge in [-0.25, -0.2) is 0 Å². The van der Waals surface area contributed by atoms with E-state index < -0.39 is 0 Å². The Hall–Kier alpha value is -0.540. The summed E-state index contributed by atoms with van der Waals surface area (Å²) in [5.41, 5.74) is 0. The van der Waals surface area contributed by atoms with Crippen LogP contribution in [0.2, 0.25) is 0 Å². The van der Waals surface area contributed by atoms with E-state index in [2.05, 4.69) is 30.4 Å². The molecule has 0 amide bonds. The molecule has 0 bridgehead atoms. The molecule has 0 saturated heterocycles. The molecular weight excluding hydrogens is 170 g/mol. The number of hydrogen-bond acceptors (Lipinski definition) is 3. The van der Waals surface area contributed by atoms with Gasteiger partial charge in [0.05, 0.1) is 0 Å². The number of fused-ring (bicyclic) bond motifs is 1. The van der Waals surface area contributed by atoms with Gasteiger partial charge in [-0.3, -0.25) is 0 Å². The summed E-state index contributed by atoms with van der Waals surface area (Å²) in [6.07, 6.45) is 1.14. The molecule has 1 atom stereocenters. The minimum atomic E-state index is 0.552. The van der Waals surface area contributed by atoms with Crippen LogP contribution in [0.15, 0.2) is 11.4 Å². The third-order valence-corrected chi connectivity index (χ3v) is 3.21. The predicted octanol–water partition coefficient (Wildman–Crippen LogP) is 1.61. The van der Waals surface area contributed by atoms with Crippen molar-refractivity contribution in [1.29, 1.82) is 0 Å². The number of nitrogens with zero attached hydrogens (tertiary/aromatic N) is 1. The first-order valence-electron chi connectivity index (χ1n) is 4.13. The molecule has 0 aromatic carbocycles. The van der Waals surface area contributed by atoms with Crippen molar-refractivity contribution in [2.45, 2.75) is 12.5 Å². The van der Waals surface area contributed by atoms with Gasteiger partial charge < -0.3 is 9.64 Å². The van der Waals surface area contributed by atoms with Crippen LogP contribution in [-0.2, 0) is 6.42 Å². The summed E-state index contributed by atoms with van der Waals surface area (Å²) in [6, 6.07) is 2.61. The molecule has 2 rings (SSSR count). The fourth-order valence-electron chi connectivity index (χ4n) is 1.40. The fourth-order valence-corrected chi connectivity index (χ4v) is 2.28. The van der Waals surface area contributed by atoms with E-state index in [9.17, 15) is 0 Å². The first-order valence-corrected chi connectivity index (χ1v) is 5.01. The van der Waals surface area contributed by atoms with Crippen molar-refractivity contribution < 1.29 is 4.74 Å². The molecule has 0 N–H and O–H groups in total. The van der Waals surface area contributed by atoms with E-state index in [4.69, 9.17) is 4.74 Å². The molecule has 1 unspecified atom stereocenters. The predicted molar refractivity (Wildman–Crippen MR) is 51.0 cm³/mol. The second-order valence-electron chi connectivity index (χ2n) is 3.34. The Morgan fingerprint density at radius 1 is 1.58 bits per heavy atom. The summed E-state index contributed by atoms with van der Waals surface area (Å²) >= 11 is 1.79. The second-order valence-corrected chi connectivity index (χ2v) is 4.34. The van der Waals surface area contributed by atoms with Crippen molar-refractivity contribution in [3.05, 3.63) is 16.3 Å². The monoisotopic (exact) mass is 183 g/mol. The highest BCUT2D eigenvalue weighted by Gasteiger charge is 2.21. The maximum atomic E-state index is 5.61. The van der Waals surface area contributed by atoms with Crippen molar-refractivity contribution >= 4 is 11.3 Å². The van der Waals surface area contributed by atoms with Crippen LogP contribution in [0.25, 0.3) is 0 Å². The van der Waals surface area contributed by atoms with Gasteiger partial charge in [-0.05, 0) is 25.5 Å². The van der Waals surface area contributed by atoms with E-state index in [1.54, 1.807) is 11.3 Å². The minimum Gasteiger partial charge on any atom is -0.491 e. The maximum absolute atomic E-state index is 5.61. The molecule has 0 fully saturated rings. The number of likely N-dealkylation sites (N-methyl/N-ethyl adjacent to an activating group) is 1. The molecule has 0 spiro atoms. The van der Waals surface area contributed by atoms with E-state index in [0.717, 1.165) is 18.8 Å². The molecule has 2 nitrogen and oxygen atoms in total. The maximum Gasteiger partial charge on any atom is 0.133 e. The van der Waals surface area contributed by atoms with Crippen molar-refractivity contribution in [3.8, 4) is 5.75 Å². The molecule has 2 heterocycles. The lowest BCUT2D eigenvalue weighted by Crippen LogP contribution is -2.37. The number of ether oxygens (including phenoxy) is 1. The molecule has 0 aliphatic carbocycles. The number of rotatable bonds is 1. The second kappa shape index (κ2) is 3.07. The smallest absolute Gasteiger partial charge is 0.133 e. The van der Waals surface area contributed by atoms with Gasteiger partial charge in [0.2, 0.25) is 0 Å².